The topological polar surface area (TPSA) is 21.3 Å². The average Bonchev–Trinajstić information content (AvgIpc) is 2.33. The van der Waals surface area contributed by atoms with E-state index >= 15 is 0 Å². The highest BCUT2D eigenvalue weighted by atomic mass is 16.5. The van der Waals surface area contributed by atoms with Crippen LogP contribution < -0.4 is 10.1 Å². The van der Waals surface area contributed by atoms with Gasteiger partial charge in [-0.3, -0.25) is 0 Å². The van der Waals surface area contributed by atoms with Crippen LogP contribution >= 0.6 is 0 Å². The molecule has 1 aliphatic carbocycles. The molecule has 0 radical (unpaired) electrons. The Labute approximate surface area is 111 Å². The molecule has 0 unspecified atom stereocenters. The minimum Gasteiger partial charge on any atom is -0.495 e. The van der Waals surface area contributed by atoms with Crippen LogP contribution in [0.25, 0.3) is 0 Å². The molecule has 0 spiro atoms. The summed E-state index contributed by atoms with van der Waals surface area (Å²) in [5, 5.41) is 3.68. The van der Waals surface area contributed by atoms with Crippen LogP contribution in [-0.4, -0.2) is 13.2 Å². The highest BCUT2D eigenvalue weighted by molar-refractivity contribution is 5.58. The van der Waals surface area contributed by atoms with E-state index < -0.39 is 0 Å². The number of hydrogen-bond donors (Lipinski definition) is 1. The van der Waals surface area contributed by atoms with Crippen molar-refractivity contribution in [2.75, 3.05) is 12.4 Å². The summed E-state index contributed by atoms with van der Waals surface area (Å²) in [6.07, 6.45) is 9.48. The first-order valence-corrected chi connectivity index (χ1v) is 7.21. The van der Waals surface area contributed by atoms with Crippen molar-refractivity contribution < 1.29 is 4.74 Å². The van der Waals surface area contributed by atoms with E-state index in [1.807, 2.05) is 0 Å². The van der Waals surface area contributed by atoms with E-state index in [2.05, 4.69) is 30.4 Å². The van der Waals surface area contributed by atoms with Crippen LogP contribution in [0, 0.1) is 6.92 Å². The summed E-state index contributed by atoms with van der Waals surface area (Å²) in [5.74, 6) is 0.961. The van der Waals surface area contributed by atoms with Gasteiger partial charge in [-0.25, -0.2) is 0 Å². The number of methoxy groups -OCH3 is 1. The summed E-state index contributed by atoms with van der Waals surface area (Å²) in [6.45, 7) is 2.13. The lowest BCUT2D eigenvalue weighted by Crippen LogP contribution is -2.20. The van der Waals surface area contributed by atoms with Crippen molar-refractivity contribution in [2.45, 2.75) is 57.9 Å². The lowest BCUT2D eigenvalue weighted by Gasteiger charge is -2.23. The molecule has 0 amide bonds. The number of hydrogen-bond acceptors (Lipinski definition) is 2. The third-order valence-electron chi connectivity index (χ3n) is 3.82. The van der Waals surface area contributed by atoms with Gasteiger partial charge in [-0.15, -0.1) is 0 Å². The SMILES string of the molecule is COc1ccc(C)cc1NC1CCCCCCC1. The fourth-order valence-electron chi connectivity index (χ4n) is 2.76. The third-order valence-corrected chi connectivity index (χ3v) is 3.82. The Hall–Kier alpha value is -1.18. The molecular formula is C16H25NO. The second kappa shape index (κ2) is 6.67. The maximum atomic E-state index is 5.44. The number of rotatable bonds is 3. The van der Waals surface area contributed by atoms with Gasteiger partial charge in [-0.1, -0.05) is 38.2 Å². The largest absolute Gasteiger partial charge is 0.495 e. The summed E-state index contributed by atoms with van der Waals surface area (Å²) in [6, 6.07) is 6.96. The fourth-order valence-corrected chi connectivity index (χ4v) is 2.76. The molecule has 1 aromatic rings. The second-order valence-electron chi connectivity index (χ2n) is 5.39. The monoisotopic (exact) mass is 247 g/mol. The second-order valence-corrected chi connectivity index (χ2v) is 5.39. The zero-order chi connectivity index (χ0) is 12.8. The summed E-state index contributed by atoms with van der Waals surface area (Å²) in [5.41, 5.74) is 2.44. The summed E-state index contributed by atoms with van der Waals surface area (Å²) in [4.78, 5) is 0. The summed E-state index contributed by atoms with van der Waals surface area (Å²) >= 11 is 0. The van der Waals surface area contributed by atoms with E-state index in [1.165, 1.54) is 50.5 Å². The predicted molar refractivity (Wildman–Crippen MR) is 77.5 cm³/mol. The van der Waals surface area contributed by atoms with Crippen LogP contribution in [0.15, 0.2) is 18.2 Å². The molecule has 0 saturated heterocycles. The number of aryl methyl sites for hydroxylation is 1. The standard InChI is InChI=1S/C16H25NO/c1-13-10-11-16(18-2)15(12-13)17-14-8-6-4-3-5-7-9-14/h10-12,14,17H,3-9H2,1-2H3. The van der Waals surface area contributed by atoms with Crippen molar-refractivity contribution in [1.29, 1.82) is 0 Å². The van der Waals surface area contributed by atoms with Gasteiger partial charge in [0.25, 0.3) is 0 Å². The quantitative estimate of drug-likeness (QED) is 0.847. The molecule has 18 heavy (non-hydrogen) atoms. The van der Waals surface area contributed by atoms with E-state index in [0.717, 1.165) is 11.4 Å². The van der Waals surface area contributed by atoms with E-state index in [-0.39, 0.29) is 0 Å². The van der Waals surface area contributed by atoms with Crippen molar-refractivity contribution in [2.24, 2.45) is 0 Å². The Morgan fingerprint density at radius 3 is 2.39 bits per heavy atom. The molecule has 0 heterocycles. The molecule has 2 nitrogen and oxygen atoms in total. The molecule has 0 bridgehead atoms. The molecule has 0 aromatic heterocycles. The normalized spacial score (nSPS) is 17.9. The van der Waals surface area contributed by atoms with Crippen LogP contribution in [0.1, 0.15) is 50.5 Å². The zero-order valence-electron chi connectivity index (χ0n) is 11.7. The van der Waals surface area contributed by atoms with Crippen LogP contribution in [0.4, 0.5) is 5.69 Å². The maximum absolute atomic E-state index is 5.44. The zero-order valence-corrected chi connectivity index (χ0v) is 11.7. The highest BCUT2D eigenvalue weighted by Gasteiger charge is 2.13. The first-order chi connectivity index (χ1) is 8.79. The molecule has 2 rings (SSSR count). The van der Waals surface area contributed by atoms with Gasteiger partial charge >= 0.3 is 0 Å². The molecular weight excluding hydrogens is 222 g/mol. The summed E-state index contributed by atoms with van der Waals surface area (Å²) in [7, 11) is 1.74. The van der Waals surface area contributed by atoms with Gasteiger partial charge in [0.1, 0.15) is 5.75 Å². The minimum absolute atomic E-state index is 0.612. The smallest absolute Gasteiger partial charge is 0.141 e. The Kier molecular flexibility index (Phi) is 4.91. The fraction of sp³-hybridized carbons (Fsp3) is 0.625. The van der Waals surface area contributed by atoms with Crippen LogP contribution in [-0.2, 0) is 0 Å². The lowest BCUT2D eigenvalue weighted by atomic mass is 9.96. The lowest BCUT2D eigenvalue weighted by molar-refractivity contribution is 0.414. The van der Waals surface area contributed by atoms with Crippen molar-refractivity contribution >= 4 is 5.69 Å². The van der Waals surface area contributed by atoms with Gasteiger partial charge in [0.2, 0.25) is 0 Å². The Bertz CT molecular complexity index is 367. The number of anilines is 1. The predicted octanol–water partition coefficient (Wildman–Crippen LogP) is 4.53. The van der Waals surface area contributed by atoms with Crippen molar-refractivity contribution in [3.05, 3.63) is 23.8 Å². The molecule has 1 aromatic carbocycles. The van der Waals surface area contributed by atoms with Gasteiger partial charge in [0.05, 0.1) is 12.8 Å². The van der Waals surface area contributed by atoms with Gasteiger partial charge < -0.3 is 10.1 Å². The maximum Gasteiger partial charge on any atom is 0.141 e. The van der Waals surface area contributed by atoms with Crippen LogP contribution in [0.5, 0.6) is 5.75 Å². The molecule has 1 saturated carbocycles. The molecule has 0 aliphatic heterocycles. The van der Waals surface area contributed by atoms with E-state index in [9.17, 15) is 0 Å². The number of nitrogens with one attached hydrogen (secondary N) is 1. The molecule has 1 N–H and O–H groups in total. The number of ether oxygens (including phenoxy) is 1. The van der Waals surface area contributed by atoms with Crippen molar-refractivity contribution in [3.8, 4) is 5.75 Å². The first kappa shape index (κ1) is 13.3. The van der Waals surface area contributed by atoms with Crippen molar-refractivity contribution in [1.82, 2.24) is 0 Å². The molecule has 2 heteroatoms. The van der Waals surface area contributed by atoms with Crippen LogP contribution in [0.3, 0.4) is 0 Å². The van der Waals surface area contributed by atoms with E-state index in [0.29, 0.717) is 6.04 Å². The van der Waals surface area contributed by atoms with E-state index in [1.54, 1.807) is 7.11 Å². The Morgan fingerprint density at radius 2 is 1.72 bits per heavy atom. The summed E-state index contributed by atoms with van der Waals surface area (Å²) < 4.78 is 5.44. The number of benzene rings is 1. The van der Waals surface area contributed by atoms with Gasteiger partial charge in [0, 0.05) is 6.04 Å². The first-order valence-electron chi connectivity index (χ1n) is 7.21. The van der Waals surface area contributed by atoms with Crippen LogP contribution in [0.2, 0.25) is 0 Å². The van der Waals surface area contributed by atoms with Crippen molar-refractivity contribution in [3.63, 3.8) is 0 Å². The third kappa shape index (κ3) is 3.66. The van der Waals surface area contributed by atoms with Gasteiger partial charge in [-0.05, 0) is 37.5 Å². The Balaban J connectivity index is 2.04. The van der Waals surface area contributed by atoms with E-state index in [4.69, 9.17) is 4.74 Å². The highest BCUT2D eigenvalue weighted by Crippen LogP contribution is 2.28. The molecule has 100 valence electrons. The molecule has 1 aliphatic rings. The average molecular weight is 247 g/mol. The van der Waals surface area contributed by atoms with Gasteiger partial charge in [-0.2, -0.15) is 0 Å². The molecule has 1 fully saturated rings. The van der Waals surface area contributed by atoms with Gasteiger partial charge in [0.15, 0.2) is 0 Å². The minimum atomic E-state index is 0.612. The molecule has 0 atom stereocenters. The Morgan fingerprint density at radius 1 is 1.06 bits per heavy atom.